The molecule has 2 aliphatic carbocycles. The second-order valence-electron chi connectivity index (χ2n) is 3.39. The normalized spacial score (nSPS) is 32.6. The summed E-state index contributed by atoms with van der Waals surface area (Å²) in [5, 5.41) is 0. The molecule has 2 rings (SSSR count). The highest BCUT2D eigenvalue weighted by Crippen LogP contribution is 2.32. The average molecular weight is 162 g/mol. The van der Waals surface area contributed by atoms with Crippen molar-refractivity contribution in [2.45, 2.75) is 12.8 Å². The lowest BCUT2D eigenvalue weighted by Gasteiger charge is -2.26. The predicted octanol–water partition coefficient (Wildman–Crippen LogP) is 2.67. The Hall–Kier alpha value is -0.980. The van der Waals surface area contributed by atoms with Crippen LogP contribution in [-0.2, 0) is 4.74 Å². The first-order chi connectivity index (χ1) is 5.90. The Morgan fingerprint density at radius 2 is 2.17 bits per heavy atom. The fraction of sp³-hybridized carbons (Fsp3) is 0.455. The fourth-order valence-corrected chi connectivity index (χ4v) is 1.92. The Balaban J connectivity index is 2.17. The van der Waals surface area contributed by atoms with Crippen LogP contribution < -0.4 is 0 Å². The van der Waals surface area contributed by atoms with Gasteiger partial charge in [-0.3, -0.25) is 0 Å². The summed E-state index contributed by atoms with van der Waals surface area (Å²) in [5.41, 5.74) is 0. The number of allylic oxidation sites excluding steroid dienone is 6. The molecular weight excluding hydrogens is 148 g/mol. The molecule has 64 valence electrons. The topological polar surface area (TPSA) is 9.23 Å². The van der Waals surface area contributed by atoms with Crippen LogP contribution in [-0.4, -0.2) is 7.11 Å². The van der Waals surface area contributed by atoms with Gasteiger partial charge in [-0.2, -0.15) is 0 Å². The summed E-state index contributed by atoms with van der Waals surface area (Å²) in [6.45, 7) is 0. The van der Waals surface area contributed by atoms with E-state index in [-0.39, 0.29) is 0 Å². The zero-order chi connectivity index (χ0) is 8.39. The monoisotopic (exact) mass is 162 g/mol. The SMILES string of the molecule is COC1=CC2C=CC=CC2CC1. The number of methoxy groups -OCH3 is 1. The van der Waals surface area contributed by atoms with Crippen LogP contribution in [0.5, 0.6) is 0 Å². The van der Waals surface area contributed by atoms with E-state index >= 15 is 0 Å². The molecule has 0 spiro atoms. The van der Waals surface area contributed by atoms with E-state index in [4.69, 9.17) is 4.74 Å². The largest absolute Gasteiger partial charge is 0.501 e. The first-order valence-electron chi connectivity index (χ1n) is 4.50. The molecule has 0 saturated heterocycles. The second kappa shape index (κ2) is 3.18. The Bertz CT molecular complexity index is 248. The molecule has 1 nitrogen and oxygen atoms in total. The Morgan fingerprint density at radius 3 is 3.00 bits per heavy atom. The lowest BCUT2D eigenvalue weighted by Crippen LogP contribution is -2.16. The van der Waals surface area contributed by atoms with Crippen LogP contribution in [0.15, 0.2) is 36.1 Å². The van der Waals surface area contributed by atoms with Crippen LogP contribution in [0, 0.1) is 11.8 Å². The van der Waals surface area contributed by atoms with Crippen molar-refractivity contribution in [3.63, 3.8) is 0 Å². The summed E-state index contributed by atoms with van der Waals surface area (Å²) in [7, 11) is 1.76. The minimum atomic E-state index is 0.582. The minimum Gasteiger partial charge on any atom is -0.501 e. The van der Waals surface area contributed by atoms with Gasteiger partial charge in [0, 0.05) is 12.3 Å². The van der Waals surface area contributed by atoms with Crippen molar-refractivity contribution in [2.75, 3.05) is 7.11 Å². The number of ether oxygens (including phenoxy) is 1. The Labute approximate surface area is 73.4 Å². The van der Waals surface area contributed by atoms with Gasteiger partial charge in [-0.15, -0.1) is 0 Å². The van der Waals surface area contributed by atoms with Gasteiger partial charge in [0.2, 0.25) is 0 Å². The average Bonchev–Trinajstić information content (AvgIpc) is 2.17. The Morgan fingerprint density at radius 1 is 1.33 bits per heavy atom. The van der Waals surface area contributed by atoms with Gasteiger partial charge < -0.3 is 4.74 Å². The molecule has 12 heavy (non-hydrogen) atoms. The molecular formula is C11H14O. The predicted molar refractivity (Wildman–Crippen MR) is 49.6 cm³/mol. The molecule has 0 amide bonds. The van der Waals surface area contributed by atoms with Crippen molar-refractivity contribution < 1.29 is 4.74 Å². The van der Waals surface area contributed by atoms with E-state index in [1.54, 1.807) is 7.11 Å². The maximum atomic E-state index is 5.24. The van der Waals surface area contributed by atoms with Crippen LogP contribution >= 0.6 is 0 Å². The summed E-state index contributed by atoms with van der Waals surface area (Å²) in [6, 6.07) is 0. The van der Waals surface area contributed by atoms with E-state index in [0.717, 1.165) is 12.2 Å². The smallest absolute Gasteiger partial charge is 0.0922 e. The standard InChI is InChI=1S/C11H14O/c1-12-11-7-6-9-4-2-3-5-10(9)8-11/h2-5,8-10H,6-7H2,1H3. The summed E-state index contributed by atoms with van der Waals surface area (Å²) in [6.07, 6.45) is 13.4. The molecule has 0 heterocycles. The quantitative estimate of drug-likeness (QED) is 0.576. The highest BCUT2D eigenvalue weighted by atomic mass is 16.5. The van der Waals surface area contributed by atoms with E-state index in [9.17, 15) is 0 Å². The lowest BCUT2D eigenvalue weighted by molar-refractivity contribution is 0.251. The molecule has 0 aromatic rings. The lowest BCUT2D eigenvalue weighted by atomic mass is 9.81. The third-order valence-electron chi connectivity index (χ3n) is 2.66. The van der Waals surface area contributed by atoms with Crippen LogP contribution in [0.1, 0.15) is 12.8 Å². The van der Waals surface area contributed by atoms with Crippen molar-refractivity contribution in [1.82, 2.24) is 0 Å². The summed E-state index contributed by atoms with van der Waals surface area (Å²) >= 11 is 0. The molecule has 0 aromatic heterocycles. The van der Waals surface area contributed by atoms with Gasteiger partial charge in [0.15, 0.2) is 0 Å². The van der Waals surface area contributed by atoms with Gasteiger partial charge in [0.25, 0.3) is 0 Å². The molecule has 0 fully saturated rings. The Kier molecular flexibility index (Phi) is 2.03. The maximum Gasteiger partial charge on any atom is 0.0922 e. The third-order valence-corrected chi connectivity index (χ3v) is 2.66. The van der Waals surface area contributed by atoms with Gasteiger partial charge in [-0.05, 0) is 18.4 Å². The van der Waals surface area contributed by atoms with Crippen molar-refractivity contribution >= 4 is 0 Å². The van der Waals surface area contributed by atoms with Gasteiger partial charge in [-0.1, -0.05) is 24.3 Å². The highest BCUT2D eigenvalue weighted by molar-refractivity contribution is 5.22. The molecule has 1 heteroatoms. The number of hydrogen-bond acceptors (Lipinski definition) is 1. The fourth-order valence-electron chi connectivity index (χ4n) is 1.92. The third kappa shape index (κ3) is 1.31. The minimum absolute atomic E-state index is 0.582. The van der Waals surface area contributed by atoms with E-state index in [1.807, 2.05) is 0 Å². The zero-order valence-corrected chi connectivity index (χ0v) is 7.36. The molecule has 0 radical (unpaired) electrons. The molecule has 2 unspecified atom stereocenters. The van der Waals surface area contributed by atoms with Crippen molar-refractivity contribution in [2.24, 2.45) is 11.8 Å². The summed E-state index contributed by atoms with van der Waals surface area (Å²) in [5.74, 6) is 2.45. The molecule has 0 N–H and O–H groups in total. The van der Waals surface area contributed by atoms with E-state index in [2.05, 4.69) is 30.4 Å². The zero-order valence-electron chi connectivity index (χ0n) is 7.36. The second-order valence-corrected chi connectivity index (χ2v) is 3.39. The molecule has 2 atom stereocenters. The van der Waals surface area contributed by atoms with E-state index in [0.29, 0.717) is 11.8 Å². The van der Waals surface area contributed by atoms with Gasteiger partial charge in [0.1, 0.15) is 0 Å². The highest BCUT2D eigenvalue weighted by Gasteiger charge is 2.22. The van der Waals surface area contributed by atoms with Gasteiger partial charge >= 0.3 is 0 Å². The first-order valence-corrected chi connectivity index (χ1v) is 4.50. The van der Waals surface area contributed by atoms with Crippen molar-refractivity contribution in [3.05, 3.63) is 36.1 Å². The van der Waals surface area contributed by atoms with Crippen LogP contribution in [0.3, 0.4) is 0 Å². The van der Waals surface area contributed by atoms with Crippen molar-refractivity contribution in [1.29, 1.82) is 0 Å². The van der Waals surface area contributed by atoms with Crippen molar-refractivity contribution in [3.8, 4) is 0 Å². The van der Waals surface area contributed by atoms with E-state index in [1.165, 1.54) is 6.42 Å². The van der Waals surface area contributed by atoms with Crippen LogP contribution in [0.2, 0.25) is 0 Å². The number of fused-ring (bicyclic) bond motifs is 1. The summed E-state index contributed by atoms with van der Waals surface area (Å²) in [4.78, 5) is 0. The molecule has 0 saturated carbocycles. The van der Waals surface area contributed by atoms with Gasteiger partial charge in [0.05, 0.1) is 12.9 Å². The summed E-state index contributed by atoms with van der Waals surface area (Å²) < 4.78 is 5.24. The molecule has 0 aromatic carbocycles. The first kappa shape index (κ1) is 7.66. The number of rotatable bonds is 1. The molecule has 0 aliphatic heterocycles. The van der Waals surface area contributed by atoms with Gasteiger partial charge in [-0.25, -0.2) is 0 Å². The van der Waals surface area contributed by atoms with E-state index < -0.39 is 0 Å². The van der Waals surface area contributed by atoms with Crippen LogP contribution in [0.4, 0.5) is 0 Å². The molecule has 0 bridgehead atoms. The molecule has 2 aliphatic rings. The van der Waals surface area contributed by atoms with Crippen LogP contribution in [0.25, 0.3) is 0 Å². The maximum absolute atomic E-state index is 5.24. The number of hydrogen-bond donors (Lipinski definition) is 0.